The first-order valence-electron chi connectivity index (χ1n) is 14.4. The molecule has 1 unspecified atom stereocenters. The van der Waals surface area contributed by atoms with Crippen LogP contribution in [0.1, 0.15) is 107 Å². The number of nitrogens with zero attached hydrogens (tertiary/aromatic N) is 1. The maximum Gasteiger partial charge on any atom is 0.312 e. The minimum absolute atomic E-state index is 0.0242. The summed E-state index contributed by atoms with van der Waals surface area (Å²) in [4.78, 5) is 39.9. The highest BCUT2D eigenvalue weighted by molar-refractivity contribution is 6.04. The maximum atomic E-state index is 13.4. The van der Waals surface area contributed by atoms with Crippen molar-refractivity contribution in [1.82, 2.24) is 0 Å². The second-order valence-corrected chi connectivity index (χ2v) is 15.1. The molecule has 5 nitrogen and oxygen atoms in total. The maximum absolute atomic E-state index is 13.4. The summed E-state index contributed by atoms with van der Waals surface area (Å²) in [6.07, 6.45) is 10.1. The molecule has 0 aromatic rings. The van der Waals surface area contributed by atoms with E-state index in [1.165, 1.54) is 7.11 Å². The Kier molecular flexibility index (Phi) is 6.74. The fourth-order valence-electron chi connectivity index (χ4n) is 9.40. The van der Waals surface area contributed by atoms with Gasteiger partial charge in [0.15, 0.2) is 11.6 Å². The predicted molar refractivity (Wildman–Crippen MR) is 148 cm³/mol. The molecule has 0 heterocycles. The number of rotatable bonds is 4. The van der Waals surface area contributed by atoms with Crippen LogP contribution in [0.25, 0.3) is 0 Å². The van der Waals surface area contributed by atoms with E-state index >= 15 is 0 Å². The van der Waals surface area contributed by atoms with Gasteiger partial charge in [0.2, 0.25) is 0 Å². The zero-order valence-corrected chi connectivity index (χ0v) is 25.0. The zero-order chi connectivity index (χ0) is 28.5. The van der Waals surface area contributed by atoms with E-state index in [1.54, 1.807) is 0 Å². The van der Waals surface area contributed by atoms with Crippen LogP contribution in [0.15, 0.2) is 23.3 Å². The molecule has 0 radical (unpaired) electrons. The molecule has 5 heteroatoms. The van der Waals surface area contributed by atoms with Gasteiger partial charge in [0.1, 0.15) is 6.07 Å². The summed E-state index contributed by atoms with van der Waals surface area (Å²) in [5, 5.41) is 9.84. The van der Waals surface area contributed by atoms with Crippen LogP contribution in [0.4, 0.5) is 0 Å². The van der Waals surface area contributed by atoms with Crippen LogP contribution >= 0.6 is 0 Å². The summed E-state index contributed by atoms with van der Waals surface area (Å²) in [6, 6.07) is 2.16. The molecule has 0 aromatic heterocycles. The van der Waals surface area contributed by atoms with Crippen LogP contribution in [-0.4, -0.2) is 24.6 Å². The molecule has 2 saturated carbocycles. The van der Waals surface area contributed by atoms with Crippen LogP contribution in [0.3, 0.4) is 0 Å². The Hall–Kier alpha value is -2.22. The van der Waals surface area contributed by atoms with Crippen LogP contribution in [0, 0.1) is 55.7 Å². The number of hydrogen-bond donors (Lipinski definition) is 0. The monoisotopic (exact) mass is 521 g/mol. The number of nitriles is 1. The van der Waals surface area contributed by atoms with Crippen molar-refractivity contribution in [2.75, 3.05) is 7.11 Å². The lowest BCUT2D eigenvalue weighted by Gasteiger charge is -2.63. The van der Waals surface area contributed by atoms with Gasteiger partial charge in [-0.25, -0.2) is 0 Å². The summed E-state index contributed by atoms with van der Waals surface area (Å²) >= 11 is 0. The molecule has 208 valence electrons. The molecule has 0 aliphatic heterocycles. The molecule has 4 aliphatic rings. The lowest BCUT2D eigenvalue weighted by molar-refractivity contribution is -0.163. The number of hydrogen-bond acceptors (Lipinski definition) is 5. The van der Waals surface area contributed by atoms with Crippen molar-refractivity contribution in [2.45, 2.75) is 107 Å². The molecule has 0 bridgehead atoms. The smallest absolute Gasteiger partial charge is 0.312 e. The molecular weight excluding hydrogens is 474 g/mol. The average Bonchev–Trinajstić information content (AvgIpc) is 2.82. The van der Waals surface area contributed by atoms with Crippen LogP contribution < -0.4 is 0 Å². The number of carbonyl (C=O) groups excluding carboxylic acids is 3. The van der Waals surface area contributed by atoms with Gasteiger partial charge in [0.25, 0.3) is 0 Å². The van der Waals surface area contributed by atoms with E-state index in [1.807, 2.05) is 26.0 Å². The number of ether oxygens (including phenoxy) is 1. The van der Waals surface area contributed by atoms with Crippen molar-refractivity contribution >= 4 is 17.5 Å². The summed E-state index contributed by atoms with van der Waals surface area (Å²) < 4.78 is 5.41. The number of fused-ring (bicyclic) bond motifs is 3. The summed E-state index contributed by atoms with van der Waals surface area (Å²) in [5.41, 5.74) is -0.910. The first-order chi connectivity index (χ1) is 17.4. The zero-order valence-electron chi connectivity index (χ0n) is 25.0. The normalized spacial score (nSPS) is 41.7. The Labute approximate surface area is 229 Å². The topological polar surface area (TPSA) is 84.2 Å². The van der Waals surface area contributed by atoms with Gasteiger partial charge in [-0.05, 0) is 79.1 Å². The second-order valence-electron chi connectivity index (χ2n) is 15.1. The lowest BCUT2D eigenvalue weighted by atomic mass is 9.40. The van der Waals surface area contributed by atoms with E-state index in [0.717, 1.165) is 44.1 Å². The molecule has 0 spiro atoms. The Morgan fingerprint density at radius 1 is 1.05 bits per heavy atom. The van der Waals surface area contributed by atoms with E-state index in [2.05, 4.69) is 47.6 Å². The SMILES string of the molecule is COC(=O)[C@]1(CC[C@]2(C)CC(=O)C=C3[C@@]4(C)C=C(C#N)C(=O)C(C)(C)[C@@H]4CC[C@]32C)CCC(C)(C)CC1C. The Bertz CT molecular complexity index is 1170. The average molecular weight is 522 g/mol. The Balaban J connectivity index is 1.75. The fourth-order valence-corrected chi connectivity index (χ4v) is 9.40. The van der Waals surface area contributed by atoms with E-state index in [4.69, 9.17) is 4.74 Å². The third-order valence-corrected chi connectivity index (χ3v) is 12.1. The van der Waals surface area contributed by atoms with Gasteiger partial charge in [-0.15, -0.1) is 0 Å². The molecule has 6 atom stereocenters. The summed E-state index contributed by atoms with van der Waals surface area (Å²) in [7, 11) is 1.50. The van der Waals surface area contributed by atoms with Gasteiger partial charge in [0, 0.05) is 17.3 Å². The molecule has 4 rings (SSSR count). The molecule has 38 heavy (non-hydrogen) atoms. The van der Waals surface area contributed by atoms with Gasteiger partial charge in [-0.3, -0.25) is 14.4 Å². The van der Waals surface area contributed by atoms with Gasteiger partial charge < -0.3 is 4.74 Å². The van der Waals surface area contributed by atoms with Crippen LogP contribution in [0.2, 0.25) is 0 Å². The van der Waals surface area contributed by atoms with Gasteiger partial charge in [-0.2, -0.15) is 5.26 Å². The van der Waals surface area contributed by atoms with Crippen LogP contribution in [-0.2, 0) is 19.1 Å². The number of allylic oxidation sites excluding steroid dienone is 4. The number of esters is 1. The van der Waals surface area contributed by atoms with Crippen molar-refractivity contribution in [3.8, 4) is 6.07 Å². The molecule has 0 saturated heterocycles. The molecular formula is C33H47NO4. The van der Waals surface area contributed by atoms with Gasteiger partial charge in [0.05, 0.1) is 18.1 Å². The number of Topliss-reactive ketones (excluding diaryl/α,β-unsaturated/α-hetero) is 1. The number of methoxy groups -OCH3 is 1. The highest BCUT2D eigenvalue weighted by Crippen LogP contribution is 2.69. The highest BCUT2D eigenvalue weighted by Gasteiger charge is 2.63. The molecule has 2 fully saturated rings. The van der Waals surface area contributed by atoms with Crippen molar-refractivity contribution in [1.29, 1.82) is 5.26 Å². The highest BCUT2D eigenvalue weighted by atomic mass is 16.5. The molecule has 0 N–H and O–H groups in total. The first kappa shape index (κ1) is 28.8. The van der Waals surface area contributed by atoms with Crippen molar-refractivity contribution in [3.05, 3.63) is 23.3 Å². The van der Waals surface area contributed by atoms with E-state index in [-0.39, 0.29) is 51.2 Å². The number of ketones is 2. The first-order valence-corrected chi connectivity index (χ1v) is 14.4. The number of carbonyl (C=O) groups is 3. The molecule has 0 amide bonds. The molecule has 4 aliphatic carbocycles. The van der Waals surface area contributed by atoms with E-state index in [9.17, 15) is 19.6 Å². The summed E-state index contributed by atoms with van der Waals surface area (Å²) in [5.74, 6) is 0.121. The van der Waals surface area contributed by atoms with Gasteiger partial charge >= 0.3 is 5.97 Å². The van der Waals surface area contributed by atoms with Gasteiger partial charge in [-0.1, -0.05) is 67.0 Å². The quantitative estimate of drug-likeness (QED) is 0.367. The standard InChI is InChI=1S/C33H47NO4/c1-21-17-28(2,3)12-14-33(21,27(37)38-9)15-13-30(6)19-23(35)16-25-31(7)18-22(20-34)26(36)29(4,5)24(31)10-11-32(25,30)8/h16,18,21,24H,10-15,17,19H2,1-9H3/t21?,24-,30+,31-,32+,33-/m0/s1. The van der Waals surface area contributed by atoms with Crippen molar-refractivity contribution in [2.24, 2.45) is 44.3 Å². The van der Waals surface area contributed by atoms with Crippen molar-refractivity contribution in [3.63, 3.8) is 0 Å². The fraction of sp³-hybridized carbons (Fsp3) is 0.758. The third kappa shape index (κ3) is 3.96. The lowest BCUT2D eigenvalue weighted by Crippen LogP contribution is -2.58. The van der Waals surface area contributed by atoms with Crippen molar-refractivity contribution < 1.29 is 19.1 Å². The summed E-state index contributed by atoms with van der Waals surface area (Å²) in [6.45, 7) is 17.3. The molecule has 0 aromatic carbocycles. The predicted octanol–water partition coefficient (Wildman–Crippen LogP) is 7.16. The second kappa shape index (κ2) is 8.90. The van der Waals surface area contributed by atoms with Crippen LogP contribution in [0.5, 0.6) is 0 Å². The third-order valence-electron chi connectivity index (χ3n) is 12.1. The van der Waals surface area contributed by atoms with E-state index in [0.29, 0.717) is 12.8 Å². The van der Waals surface area contributed by atoms with E-state index < -0.39 is 16.2 Å². The minimum Gasteiger partial charge on any atom is -0.469 e. The Morgan fingerprint density at radius 3 is 2.29 bits per heavy atom. The minimum atomic E-state index is -0.674. The largest absolute Gasteiger partial charge is 0.469 e. The Morgan fingerprint density at radius 2 is 1.71 bits per heavy atom.